The van der Waals surface area contributed by atoms with Gasteiger partial charge in [-0.1, -0.05) is 38.8 Å². The number of nitrogens with one attached hydrogen (secondary N) is 2. The summed E-state index contributed by atoms with van der Waals surface area (Å²) >= 11 is 0. The van der Waals surface area contributed by atoms with Gasteiger partial charge in [0.2, 0.25) is 5.91 Å². The maximum atomic E-state index is 11.9. The van der Waals surface area contributed by atoms with Gasteiger partial charge in [-0.15, -0.1) is 0 Å². The van der Waals surface area contributed by atoms with Crippen molar-refractivity contribution in [1.29, 1.82) is 0 Å². The number of alkyl carbamates (subject to hydrolysis) is 1. The van der Waals surface area contributed by atoms with Gasteiger partial charge in [0, 0.05) is 22.2 Å². The Kier molecular flexibility index (Phi) is 21.4. The van der Waals surface area contributed by atoms with E-state index in [1.54, 1.807) is 24.3 Å². The van der Waals surface area contributed by atoms with Crippen molar-refractivity contribution in [2.24, 2.45) is 0 Å². The first kappa shape index (κ1) is 30.8. The lowest BCUT2D eigenvalue weighted by molar-refractivity contribution is -0.117. The zero-order valence-corrected chi connectivity index (χ0v) is 20.7. The van der Waals surface area contributed by atoms with E-state index in [4.69, 9.17) is 23.7 Å². The summed E-state index contributed by atoms with van der Waals surface area (Å²) in [6.07, 6.45) is 2.40. The predicted molar refractivity (Wildman–Crippen MR) is 133 cm³/mol. The molecule has 9 heteroatoms. The van der Waals surface area contributed by atoms with Crippen LogP contribution < -0.4 is 10.6 Å². The number of hydrogen-bond donors (Lipinski definition) is 2. The second-order valence-electron chi connectivity index (χ2n) is 6.86. The summed E-state index contributed by atoms with van der Waals surface area (Å²) in [5.41, 5.74) is 1.50. The van der Waals surface area contributed by atoms with Crippen molar-refractivity contribution >= 4 is 17.7 Å². The highest BCUT2D eigenvalue weighted by atomic mass is 16.6. The lowest BCUT2D eigenvalue weighted by Gasteiger charge is -2.08. The fourth-order valence-corrected chi connectivity index (χ4v) is 2.10. The van der Waals surface area contributed by atoms with E-state index in [2.05, 4.69) is 24.5 Å². The van der Waals surface area contributed by atoms with E-state index in [0.29, 0.717) is 58.5 Å². The standard InChI is InChI=1S/C20H32N2O7.C4H10.2H2/c1-3-25-10-11-27-14-15-28-13-12-26-9-8-19(23)22-18-6-4-17(5-7-18)16-29-20(24)21-2;1-3-4-2;;/h4-7H,3,8-16H2,1-2H3,(H,21,24)(H,22,23);3-4H2,1-2H3;2*1H. The van der Waals surface area contributed by atoms with Crippen molar-refractivity contribution in [2.75, 3.05) is 65.2 Å². The Hall–Kier alpha value is -2.20. The van der Waals surface area contributed by atoms with Crippen molar-refractivity contribution in [1.82, 2.24) is 5.32 Å². The molecule has 0 atom stereocenters. The molecule has 0 fully saturated rings. The summed E-state index contributed by atoms with van der Waals surface area (Å²) < 4.78 is 26.2. The van der Waals surface area contributed by atoms with Gasteiger partial charge in [-0.3, -0.25) is 4.79 Å². The van der Waals surface area contributed by atoms with Gasteiger partial charge < -0.3 is 34.3 Å². The summed E-state index contributed by atoms with van der Waals surface area (Å²) in [5.74, 6) is -0.136. The fraction of sp³-hybridized carbons (Fsp3) is 0.667. The Balaban J connectivity index is -0.00000158. The lowest BCUT2D eigenvalue weighted by atomic mass is 10.2. The number of rotatable bonds is 17. The van der Waals surface area contributed by atoms with Gasteiger partial charge in [-0.25, -0.2) is 4.79 Å². The molecule has 0 spiro atoms. The van der Waals surface area contributed by atoms with E-state index in [1.165, 1.54) is 19.9 Å². The maximum absolute atomic E-state index is 11.9. The van der Waals surface area contributed by atoms with Gasteiger partial charge in [0.1, 0.15) is 6.61 Å². The van der Waals surface area contributed by atoms with Gasteiger partial charge in [-0.05, 0) is 24.6 Å². The van der Waals surface area contributed by atoms with Gasteiger partial charge in [-0.2, -0.15) is 0 Å². The highest BCUT2D eigenvalue weighted by Gasteiger charge is 2.04. The molecule has 0 unspecified atom stereocenters. The molecule has 194 valence electrons. The van der Waals surface area contributed by atoms with Crippen LogP contribution in [0.1, 0.15) is 48.5 Å². The molecule has 9 nitrogen and oxygen atoms in total. The maximum Gasteiger partial charge on any atom is 0.407 e. The quantitative estimate of drug-likeness (QED) is 0.325. The predicted octanol–water partition coefficient (Wildman–Crippen LogP) is 4.26. The minimum absolute atomic E-state index is 0. The number of hydrogen-bond acceptors (Lipinski definition) is 7. The van der Waals surface area contributed by atoms with Gasteiger partial charge in [0.25, 0.3) is 0 Å². The van der Waals surface area contributed by atoms with Crippen LogP contribution in [0.2, 0.25) is 0 Å². The van der Waals surface area contributed by atoms with Crippen molar-refractivity contribution in [3.8, 4) is 0 Å². The second kappa shape index (κ2) is 23.0. The average Bonchev–Trinajstić information content (AvgIpc) is 2.84. The minimum Gasteiger partial charge on any atom is -0.445 e. The molecule has 0 aliphatic rings. The lowest BCUT2D eigenvalue weighted by Crippen LogP contribution is -2.18. The zero-order valence-electron chi connectivity index (χ0n) is 20.7. The topological polar surface area (TPSA) is 104 Å². The summed E-state index contributed by atoms with van der Waals surface area (Å²) in [6, 6.07) is 7.08. The third-order valence-corrected chi connectivity index (χ3v) is 4.11. The molecule has 0 aromatic heterocycles. The van der Waals surface area contributed by atoms with Crippen LogP contribution in [0.25, 0.3) is 0 Å². The van der Waals surface area contributed by atoms with Crippen LogP contribution in [0.4, 0.5) is 10.5 Å². The Morgan fingerprint density at radius 3 is 1.79 bits per heavy atom. The van der Waals surface area contributed by atoms with Gasteiger partial charge in [0.15, 0.2) is 0 Å². The number of carbonyl (C=O) groups is 2. The SMILES string of the molecule is CCCC.CCOCCOCCOCCOCCC(=O)Nc1ccc(COC(=O)NC)cc1.[HH].[HH]. The van der Waals surface area contributed by atoms with E-state index in [-0.39, 0.29) is 21.8 Å². The highest BCUT2D eigenvalue weighted by molar-refractivity contribution is 5.90. The number of anilines is 1. The smallest absolute Gasteiger partial charge is 0.407 e. The average molecular weight is 475 g/mol. The number of benzene rings is 1. The van der Waals surface area contributed by atoms with Crippen LogP contribution in [0.3, 0.4) is 0 Å². The zero-order chi connectivity index (χ0) is 24.6. The Morgan fingerprint density at radius 2 is 1.30 bits per heavy atom. The van der Waals surface area contributed by atoms with Gasteiger partial charge >= 0.3 is 6.09 Å². The van der Waals surface area contributed by atoms with E-state index in [9.17, 15) is 9.59 Å². The molecule has 2 N–H and O–H groups in total. The van der Waals surface area contributed by atoms with Crippen LogP contribution in [-0.4, -0.2) is 71.9 Å². The van der Waals surface area contributed by atoms with Crippen molar-refractivity contribution in [3.63, 3.8) is 0 Å². The summed E-state index contributed by atoms with van der Waals surface area (Å²) in [4.78, 5) is 22.9. The number of ether oxygens (including phenoxy) is 5. The first-order chi connectivity index (χ1) is 16.1. The monoisotopic (exact) mass is 474 g/mol. The van der Waals surface area contributed by atoms with Crippen LogP contribution in [0.5, 0.6) is 0 Å². The molecular formula is C24H46N2O7. The largest absolute Gasteiger partial charge is 0.445 e. The molecule has 0 bridgehead atoms. The fourth-order valence-electron chi connectivity index (χ4n) is 2.10. The Labute approximate surface area is 201 Å². The van der Waals surface area contributed by atoms with E-state index in [0.717, 1.165) is 5.56 Å². The van der Waals surface area contributed by atoms with Crippen molar-refractivity contribution in [3.05, 3.63) is 29.8 Å². The number of amides is 2. The molecule has 1 aromatic rings. The van der Waals surface area contributed by atoms with E-state index < -0.39 is 6.09 Å². The molecule has 0 heterocycles. The third-order valence-electron chi connectivity index (χ3n) is 4.11. The van der Waals surface area contributed by atoms with Crippen molar-refractivity contribution < 1.29 is 36.1 Å². The second-order valence-corrected chi connectivity index (χ2v) is 6.86. The Morgan fingerprint density at radius 1 is 0.788 bits per heavy atom. The van der Waals surface area contributed by atoms with Crippen LogP contribution in [-0.2, 0) is 35.1 Å². The van der Waals surface area contributed by atoms with Crippen LogP contribution >= 0.6 is 0 Å². The van der Waals surface area contributed by atoms with E-state index in [1.807, 2.05) is 6.92 Å². The Bertz CT molecular complexity index is 606. The van der Waals surface area contributed by atoms with Crippen LogP contribution in [0.15, 0.2) is 24.3 Å². The molecular weight excluding hydrogens is 428 g/mol. The summed E-state index contributed by atoms with van der Waals surface area (Å²) in [6.45, 7) is 10.5. The first-order valence-corrected chi connectivity index (χ1v) is 11.6. The summed E-state index contributed by atoms with van der Waals surface area (Å²) in [5, 5.41) is 5.16. The number of unbranched alkanes of at least 4 members (excludes halogenated alkanes) is 1. The summed E-state index contributed by atoms with van der Waals surface area (Å²) in [7, 11) is 1.50. The molecule has 1 aromatic carbocycles. The molecule has 0 aliphatic heterocycles. The molecule has 0 radical (unpaired) electrons. The van der Waals surface area contributed by atoms with Crippen LogP contribution in [0, 0.1) is 0 Å². The first-order valence-electron chi connectivity index (χ1n) is 11.6. The third kappa shape index (κ3) is 20.2. The molecule has 0 saturated carbocycles. The molecule has 0 saturated heterocycles. The molecule has 33 heavy (non-hydrogen) atoms. The minimum atomic E-state index is -0.487. The molecule has 1 rings (SSSR count). The normalized spacial score (nSPS) is 10.2. The van der Waals surface area contributed by atoms with E-state index >= 15 is 0 Å². The molecule has 2 amide bonds. The van der Waals surface area contributed by atoms with Crippen molar-refractivity contribution in [2.45, 2.75) is 46.6 Å². The molecule has 0 aliphatic carbocycles. The highest BCUT2D eigenvalue weighted by Crippen LogP contribution is 2.11. The van der Waals surface area contributed by atoms with Gasteiger partial charge in [0.05, 0.1) is 52.7 Å². The number of carbonyl (C=O) groups excluding carboxylic acids is 2.